The molecule has 0 radical (unpaired) electrons. The highest BCUT2D eigenvalue weighted by Gasteiger charge is 2.52. The number of hydrogen-bond acceptors (Lipinski definition) is 4. The molecule has 3 N–H and O–H groups in total. The minimum Gasteiger partial charge on any atom is -0.324 e. The first-order chi connectivity index (χ1) is 14.5. The topological polar surface area (TPSA) is 78.7 Å². The first-order valence-corrected chi connectivity index (χ1v) is 11.2. The van der Waals surface area contributed by atoms with E-state index in [1.807, 2.05) is 42.5 Å². The molecular weight excluding hydrogens is 480 g/mol. The lowest BCUT2D eigenvalue weighted by atomic mass is 9.87. The standard InChI is InChI=1S/C23H27BrN4O2.ClH/c24-19-8-6-17(7-9-19)16-28-21(29)23(26-22(28)30)11-14-27(15-12-23)13-10-20(25)18-4-2-1-3-5-18;/h1-9,20H,10-16,25H2,(H,26,30);1H/t20-;/m0./s1. The van der Waals surface area contributed by atoms with Gasteiger partial charge in [-0.3, -0.25) is 9.69 Å². The average Bonchev–Trinajstić information content (AvgIpc) is 2.99. The number of halogens is 2. The molecule has 0 aromatic heterocycles. The molecule has 2 aliphatic rings. The second kappa shape index (κ2) is 10.1. The first-order valence-electron chi connectivity index (χ1n) is 10.4. The van der Waals surface area contributed by atoms with Crippen molar-refractivity contribution in [3.63, 3.8) is 0 Å². The molecule has 2 aliphatic heterocycles. The number of carbonyl (C=O) groups excluding carboxylic acids is 2. The third kappa shape index (κ3) is 5.29. The average molecular weight is 508 g/mol. The lowest BCUT2D eigenvalue weighted by molar-refractivity contribution is -0.133. The highest BCUT2D eigenvalue weighted by Crippen LogP contribution is 2.31. The number of nitrogens with zero attached hydrogens (tertiary/aromatic N) is 2. The van der Waals surface area contributed by atoms with Crippen LogP contribution in [0.3, 0.4) is 0 Å². The summed E-state index contributed by atoms with van der Waals surface area (Å²) in [6.07, 6.45) is 2.14. The first kappa shape index (κ1) is 23.7. The van der Waals surface area contributed by atoms with Gasteiger partial charge in [-0.05, 0) is 49.1 Å². The molecule has 4 rings (SSSR count). The molecule has 0 unspecified atom stereocenters. The van der Waals surface area contributed by atoms with E-state index in [4.69, 9.17) is 5.73 Å². The second-order valence-electron chi connectivity index (χ2n) is 8.18. The third-order valence-electron chi connectivity index (χ3n) is 6.19. The molecule has 8 heteroatoms. The van der Waals surface area contributed by atoms with Gasteiger partial charge in [0, 0.05) is 23.6 Å². The van der Waals surface area contributed by atoms with Crippen LogP contribution in [0.15, 0.2) is 59.1 Å². The minimum atomic E-state index is -0.759. The smallest absolute Gasteiger partial charge is 0.324 e. The summed E-state index contributed by atoms with van der Waals surface area (Å²) in [6.45, 7) is 2.74. The summed E-state index contributed by atoms with van der Waals surface area (Å²) < 4.78 is 0.972. The summed E-state index contributed by atoms with van der Waals surface area (Å²) in [7, 11) is 0. The highest BCUT2D eigenvalue weighted by molar-refractivity contribution is 9.10. The quantitative estimate of drug-likeness (QED) is 0.582. The Kier molecular flexibility index (Phi) is 7.75. The molecular formula is C23H28BrClN4O2. The summed E-state index contributed by atoms with van der Waals surface area (Å²) in [4.78, 5) is 29.3. The Morgan fingerprint density at radius 2 is 1.68 bits per heavy atom. The van der Waals surface area contributed by atoms with Gasteiger partial charge in [-0.1, -0.05) is 58.4 Å². The number of benzene rings is 2. The van der Waals surface area contributed by atoms with Crippen molar-refractivity contribution in [2.75, 3.05) is 19.6 Å². The van der Waals surface area contributed by atoms with Crippen LogP contribution in [-0.2, 0) is 11.3 Å². The predicted molar refractivity (Wildman–Crippen MR) is 127 cm³/mol. The zero-order chi connectivity index (χ0) is 21.1. The van der Waals surface area contributed by atoms with E-state index in [2.05, 4.69) is 38.3 Å². The van der Waals surface area contributed by atoms with Crippen molar-refractivity contribution in [2.45, 2.75) is 37.4 Å². The number of carbonyl (C=O) groups is 2. The molecule has 1 spiro atoms. The third-order valence-corrected chi connectivity index (χ3v) is 6.72. The number of imide groups is 1. The Bertz CT molecular complexity index is 902. The monoisotopic (exact) mass is 506 g/mol. The predicted octanol–water partition coefficient (Wildman–Crippen LogP) is 3.85. The fraction of sp³-hybridized carbons (Fsp3) is 0.391. The Balaban J connectivity index is 0.00000272. The second-order valence-corrected chi connectivity index (χ2v) is 9.09. The summed E-state index contributed by atoms with van der Waals surface area (Å²) in [5.41, 5.74) is 7.64. The van der Waals surface area contributed by atoms with E-state index < -0.39 is 5.54 Å². The number of amides is 3. The Morgan fingerprint density at radius 3 is 2.32 bits per heavy atom. The molecule has 2 heterocycles. The van der Waals surface area contributed by atoms with Crippen LogP contribution >= 0.6 is 28.3 Å². The van der Waals surface area contributed by atoms with Gasteiger partial charge in [-0.2, -0.15) is 0 Å². The zero-order valence-corrected chi connectivity index (χ0v) is 19.7. The summed E-state index contributed by atoms with van der Waals surface area (Å²) in [6, 6.07) is 17.5. The Morgan fingerprint density at radius 1 is 1.03 bits per heavy atom. The van der Waals surface area contributed by atoms with Gasteiger partial charge >= 0.3 is 6.03 Å². The van der Waals surface area contributed by atoms with Gasteiger partial charge < -0.3 is 16.0 Å². The number of nitrogens with two attached hydrogens (primary N) is 1. The molecule has 0 aliphatic carbocycles. The summed E-state index contributed by atoms with van der Waals surface area (Å²) >= 11 is 3.41. The van der Waals surface area contributed by atoms with Crippen molar-refractivity contribution in [3.05, 3.63) is 70.2 Å². The van der Waals surface area contributed by atoms with Crippen LogP contribution in [0.4, 0.5) is 4.79 Å². The van der Waals surface area contributed by atoms with Gasteiger partial charge in [-0.25, -0.2) is 4.79 Å². The van der Waals surface area contributed by atoms with E-state index in [-0.39, 0.29) is 30.4 Å². The van der Waals surface area contributed by atoms with Gasteiger partial charge in [0.05, 0.1) is 6.54 Å². The van der Waals surface area contributed by atoms with Crippen molar-refractivity contribution in [1.29, 1.82) is 0 Å². The van der Waals surface area contributed by atoms with Crippen molar-refractivity contribution in [3.8, 4) is 0 Å². The normalized spacial score (nSPS) is 19.2. The van der Waals surface area contributed by atoms with Gasteiger partial charge in [0.15, 0.2) is 0 Å². The van der Waals surface area contributed by atoms with Crippen LogP contribution in [0.2, 0.25) is 0 Å². The number of rotatable bonds is 6. The molecule has 166 valence electrons. The molecule has 6 nitrogen and oxygen atoms in total. The number of piperidine rings is 1. The van der Waals surface area contributed by atoms with Crippen LogP contribution < -0.4 is 11.1 Å². The minimum absolute atomic E-state index is 0. The fourth-order valence-electron chi connectivity index (χ4n) is 4.28. The Hall–Kier alpha value is -1.93. The largest absolute Gasteiger partial charge is 0.325 e. The van der Waals surface area contributed by atoms with E-state index in [0.29, 0.717) is 19.4 Å². The fourth-order valence-corrected chi connectivity index (χ4v) is 4.54. The van der Waals surface area contributed by atoms with Crippen LogP contribution in [0.25, 0.3) is 0 Å². The van der Waals surface area contributed by atoms with E-state index >= 15 is 0 Å². The summed E-state index contributed by atoms with van der Waals surface area (Å²) in [5.74, 6) is -0.101. The maximum atomic E-state index is 13.1. The lowest BCUT2D eigenvalue weighted by Gasteiger charge is -2.37. The van der Waals surface area contributed by atoms with Crippen molar-refractivity contribution < 1.29 is 9.59 Å². The van der Waals surface area contributed by atoms with E-state index in [9.17, 15) is 9.59 Å². The Labute approximate surface area is 197 Å². The van der Waals surface area contributed by atoms with Crippen LogP contribution in [-0.4, -0.2) is 46.9 Å². The van der Waals surface area contributed by atoms with Crippen molar-refractivity contribution in [2.24, 2.45) is 5.73 Å². The van der Waals surface area contributed by atoms with Gasteiger partial charge in [0.1, 0.15) is 5.54 Å². The van der Waals surface area contributed by atoms with Crippen LogP contribution in [0.5, 0.6) is 0 Å². The maximum Gasteiger partial charge on any atom is 0.325 e. The molecule has 0 bridgehead atoms. The molecule has 31 heavy (non-hydrogen) atoms. The lowest BCUT2D eigenvalue weighted by Crippen LogP contribution is -2.55. The molecule has 2 aromatic carbocycles. The number of hydrogen-bond donors (Lipinski definition) is 2. The summed E-state index contributed by atoms with van der Waals surface area (Å²) in [5, 5.41) is 2.99. The molecule has 2 fully saturated rings. The maximum absolute atomic E-state index is 13.1. The van der Waals surface area contributed by atoms with Crippen molar-refractivity contribution >= 4 is 40.3 Å². The van der Waals surface area contributed by atoms with Crippen LogP contribution in [0, 0.1) is 0 Å². The molecule has 0 saturated carbocycles. The van der Waals surface area contributed by atoms with Crippen LogP contribution in [0.1, 0.15) is 36.4 Å². The van der Waals surface area contributed by atoms with Gasteiger partial charge in [-0.15, -0.1) is 12.4 Å². The van der Waals surface area contributed by atoms with Crippen molar-refractivity contribution in [1.82, 2.24) is 15.1 Å². The molecule has 2 aromatic rings. The number of likely N-dealkylation sites (tertiary alicyclic amines) is 1. The zero-order valence-electron chi connectivity index (χ0n) is 17.3. The molecule has 2 saturated heterocycles. The van der Waals surface area contributed by atoms with E-state index in [0.717, 1.165) is 41.7 Å². The van der Waals surface area contributed by atoms with Gasteiger partial charge in [0.25, 0.3) is 5.91 Å². The van der Waals surface area contributed by atoms with Gasteiger partial charge in [0.2, 0.25) is 0 Å². The molecule has 3 amide bonds. The van der Waals surface area contributed by atoms with E-state index in [1.165, 1.54) is 4.90 Å². The SMILES string of the molecule is Cl.N[C@@H](CCN1CCC2(CC1)NC(=O)N(Cc1ccc(Br)cc1)C2=O)c1ccccc1. The molecule has 1 atom stereocenters. The number of urea groups is 1. The number of nitrogens with one attached hydrogen (secondary N) is 1. The van der Waals surface area contributed by atoms with E-state index in [1.54, 1.807) is 0 Å². The highest BCUT2D eigenvalue weighted by atomic mass is 79.9.